The lowest BCUT2D eigenvalue weighted by Crippen LogP contribution is -2.62. The first-order valence-electron chi connectivity index (χ1n) is 19.6. The number of amides is 2. The quantitative estimate of drug-likeness (QED) is 0.149. The molecule has 9 unspecified atom stereocenters. The van der Waals surface area contributed by atoms with Gasteiger partial charge in [-0.1, -0.05) is 59.8 Å². The Bertz CT molecular complexity index is 1140. The minimum atomic E-state index is -0.832. The first-order chi connectivity index (χ1) is 22.7. The standard InChI is InChI=1S/C39H66N2O7/c1-5-6-10-30(36(48)40-23-39(22-34(46)47)16-8-7-9-17-39)41-33(45)14-11-24(2)27-12-13-28-35-29(21-32(44)38(27,28)4)37(3)18-15-26(42)19-25(37)20-31(35)43/h24-32,35,42-44H,5-23H2,1-4H3,(H,40,48)(H,41,45)(H,46,47)/t24-,25?,26-,27?,28?,29?,30?,31?,32+,35?,37?,38?/m1/s1. The highest BCUT2D eigenvalue weighted by Gasteiger charge is 2.65. The molecule has 9 heteroatoms. The number of carboxylic acids is 1. The van der Waals surface area contributed by atoms with Crippen LogP contribution in [0.3, 0.4) is 0 Å². The third kappa shape index (κ3) is 7.49. The molecule has 0 spiro atoms. The number of hydrogen-bond donors (Lipinski definition) is 6. The zero-order valence-electron chi connectivity index (χ0n) is 30.2. The fraction of sp³-hybridized carbons (Fsp3) is 0.923. The van der Waals surface area contributed by atoms with Crippen LogP contribution in [-0.4, -0.2) is 69.1 Å². The van der Waals surface area contributed by atoms with E-state index in [4.69, 9.17) is 0 Å². The van der Waals surface area contributed by atoms with E-state index in [1.807, 2.05) is 0 Å². The largest absolute Gasteiger partial charge is 0.481 e. The molecule has 6 N–H and O–H groups in total. The van der Waals surface area contributed by atoms with Gasteiger partial charge in [-0.15, -0.1) is 0 Å². The number of aliphatic hydroxyl groups excluding tert-OH is 3. The van der Waals surface area contributed by atoms with Gasteiger partial charge >= 0.3 is 5.97 Å². The molecule has 0 aromatic heterocycles. The number of carbonyl (C=O) groups is 3. The molecule has 0 aromatic rings. The summed E-state index contributed by atoms with van der Waals surface area (Å²) in [4.78, 5) is 38.3. The number of unbranched alkanes of at least 4 members (excludes halogenated alkanes) is 1. The lowest BCUT2D eigenvalue weighted by Gasteiger charge is -2.63. The van der Waals surface area contributed by atoms with Crippen molar-refractivity contribution in [3.63, 3.8) is 0 Å². The first kappa shape index (κ1) is 37.5. The molecule has 12 atom stereocenters. The number of aliphatic hydroxyl groups is 3. The highest BCUT2D eigenvalue weighted by Crippen LogP contribution is 2.68. The maximum Gasteiger partial charge on any atom is 0.303 e. The number of nitrogens with one attached hydrogen (secondary N) is 2. The van der Waals surface area contributed by atoms with E-state index >= 15 is 0 Å². The fourth-order valence-corrected chi connectivity index (χ4v) is 12.1. The van der Waals surface area contributed by atoms with Crippen LogP contribution in [0.5, 0.6) is 0 Å². The molecule has 48 heavy (non-hydrogen) atoms. The predicted octanol–water partition coefficient (Wildman–Crippen LogP) is 5.58. The zero-order chi connectivity index (χ0) is 34.9. The van der Waals surface area contributed by atoms with Crippen LogP contribution in [0, 0.1) is 51.8 Å². The van der Waals surface area contributed by atoms with Gasteiger partial charge in [-0.3, -0.25) is 14.4 Å². The van der Waals surface area contributed by atoms with Crippen molar-refractivity contribution in [2.24, 2.45) is 51.8 Å². The Kier molecular flexibility index (Phi) is 11.9. The molecule has 5 aliphatic carbocycles. The van der Waals surface area contributed by atoms with Gasteiger partial charge in [0.25, 0.3) is 0 Å². The molecule has 0 radical (unpaired) electrons. The van der Waals surface area contributed by atoms with Crippen molar-refractivity contribution in [1.29, 1.82) is 0 Å². The van der Waals surface area contributed by atoms with Crippen LogP contribution in [-0.2, 0) is 14.4 Å². The molecule has 5 aliphatic rings. The summed E-state index contributed by atoms with van der Waals surface area (Å²) in [5, 5.41) is 49.5. The van der Waals surface area contributed by atoms with Crippen molar-refractivity contribution in [1.82, 2.24) is 10.6 Å². The van der Waals surface area contributed by atoms with Crippen molar-refractivity contribution in [2.75, 3.05) is 6.54 Å². The Morgan fingerprint density at radius 3 is 2.31 bits per heavy atom. The van der Waals surface area contributed by atoms with Gasteiger partial charge in [0.1, 0.15) is 6.04 Å². The molecule has 0 heterocycles. The van der Waals surface area contributed by atoms with Gasteiger partial charge < -0.3 is 31.1 Å². The molecule has 0 aromatic carbocycles. The summed E-state index contributed by atoms with van der Waals surface area (Å²) >= 11 is 0. The van der Waals surface area contributed by atoms with Crippen molar-refractivity contribution in [3.05, 3.63) is 0 Å². The van der Waals surface area contributed by atoms with Gasteiger partial charge in [0, 0.05) is 13.0 Å². The van der Waals surface area contributed by atoms with E-state index in [0.29, 0.717) is 38.1 Å². The molecule has 5 fully saturated rings. The number of rotatable bonds is 13. The summed E-state index contributed by atoms with van der Waals surface area (Å²) in [6, 6.07) is -0.636. The molecule has 0 saturated heterocycles. The van der Waals surface area contributed by atoms with Crippen molar-refractivity contribution in [2.45, 2.75) is 168 Å². The Morgan fingerprint density at radius 2 is 1.62 bits per heavy atom. The molecular weight excluding hydrogens is 608 g/mol. The van der Waals surface area contributed by atoms with E-state index in [9.17, 15) is 34.8 Å². The maximum absolute atomic E-state index is 13.4. The maximum atomic E-state index is 13.4. The Labute approximate surface area is 288 Å². The van der Waals surface area contributed by atoms with Crippen LogP contribution in [0.25, 0.3) is 0 Å². The third-order valence-electron chi connectivity index (χ3n) is 14.9. The number of carbonyl (C=O) groups excluding carboxylic acids is 2. The number of hydrogen-bond acceptors (Lipinski definition) is 6. The van der Waals surface area contributed by atoms with Crippen LogP contribution >= 0.6 is 0 Å². The van der Waals surface area contributed by atoms with E-state index in [1.54, 1.807) is 0 Å². The third-order valence-corrected chi connectivity index (χ3v) is 14.9. The highest BCUT2D eigenvalue weighted by atomic mass is 16.4. The van der Waals surface area contributed by atoms with Gasteiger partial charge in [-0.05, 0) is 122 Å². The second-order valence-corrected chi connectivity index (χ2v) is 17.7. The summed E-state index contributed by atoms with van der Waals surface area (Å²) in [5.74, 6) is 0.219. The minimum absolute atomic E-state index is 0.0427. The van der Waals surface area contributed by atoms with E-state index in [2.05, 4.69) is 38.3 Å². The van der Waals surface area contributed by atoms with Gasteiger partial charge in [0.05, 0.1) is 24.7 Å². The fourth-order valence-electron chi connectivity index (χ4n) is 12.1. The Hall–Kier alpha value is -1.71. The van der Waals surface area contributed by atoms with Gasteiger partial charge in [0.2, 0.25) is 11.8 Å². The number of fused-ring (bicyclic) bond motifs is 5. The first-order valence-corrected chi connectivity index (χ1v) is 19.6. The van der Waals surface area contributed by atoms with Crippen molar-refractivity contribution >= 4 is 17.8 Å². The molecule has 274 valence electrons. The van der Waals surface area contributed by atoms with E-state index in [1.165, 1.54) is 0 Å². The zero-order valence-corrected chi connectivity index (χ0v) is 30.2. The van der Waals surface area contributed by atoms with Gasteiger partial charge in [-0.25, -0.2) is 0 Å². The van der Waals surface area contributed by atoms with Crippen LogP contribution in [0.2, 0.25) is 0 Å². The van der Waals surface area contributed by atoms with E-state index < -0.39 is 29.6 Å². The summed E-state index contributed by atoms with van der Waals surface area (Å²) in [6.45, 7) is 9.19. The Morgan fingerprint density at radius 1 is 0.896 bits per heavy atom. The van der Waals surface area contributed by atoms with Crippen molar-refractivity contribution < 1.29 is 34.8 Å². The predicted molar refractivity (Wildman–Crippen MR) is 185 cm³/mol. The highest BCUT2D eigenvalue weighted by molar-refractivity contribution is 5.87. The van der Waals surface area contributed by atoms with Gasteiger partial charge in [-0.2, -0.15) is 0 Å². The molecular formula is C39H66N2O7. The lowest BCUT2D eigenvalue weighted by atomic mass is 9.43. The van der Waals surface area contributed by atoms with E-state index in [-0.39, 0.29) is 64.8 Å². The SMILES string of the molecule is CCCCC(NC(=O)CC[C@@H](C)C1CCC2C3C(O)CC4C[C@H](O)CCC4(C)C3C[C@H](O)C21C)C(=O)NCC1(CC(=O)O)CCCCC1. The normalized spacial score (nSPS) is 40.1. The van der Waals surface area contributed by atoms with Crippen LogP contribution in [0.4, 0.5) is 0 Å². The number of aliphatic carboxylic acids is 1. The second kappa shape index (κ2) is 15.3. The Balaban J connectivity index is 1.18. The smallest absolute Gasteiger partial charge is 0.303 e. The summed E-state index contributed by atoms with van der Waals surface area (Å²) in [5.41, 5.74) is -0.690. The molecule has 0 aliphatic heterocycles. The molecule has 0 bridgehead atoms. The number of carboxylic acid groups (broad SMARTS) is 1. The van der Waals surface area contributed by atoms with E-state index in [0.717, 1.165) is 83.5 Å². The van der Waals surface area contributed by atoms with Crippen LogP contribution in [0.1, 0.15) is 143 Å². The molecule has 2 amide bonds. The summed E-state index contributed by atoms with van der Waals surface area (Å²) in [6.07, 6.45) is 12.7. The molecule has 5 rings (SSSR count). The summed E-state index contributed by atoms with van der Waals surface area (Å²) < 4.78 is 0. The second-order valence-electron chi connectivity index (χ2n) is 17.7. The summed E-state index contributed by atoms with van der Waals surface area (Å²) in [7, 11) is 0. The van der Waals surface area contributed by atoms with Crippen molar-refractivity contribution in [3.8, 4) is 0 Å². The average Bonchev–Trinajstić information content (AvgIpc) is 3.40. The molecule has 5 saturated carbocycles. The van der Waals surface area contributed by atoms with Gasteiger partial charge in [0.15, 0.2) is 0 Å². The van der Waals surface area contributed by atoms with Crippen LogP contribution in [0.15, 0.2) is 0 Å². The monoisotopic (exact) mass is 674 g/mol. The van der Waals surface area contributed by atoms with Crippen LogP contribution < -0.4 is 10.6 Å². The molecule has 9 nitrogen and oxygen atoms in total. The minimum Gasteiger partial charge on any atom is -0.481 e. The topological polar surface area (TPSA) is 156 Å². The lowest BCUT2D eigenvalue weighted by molar-refractivity contribution is -0.207. The average molecular weight is 675 g/mol.